The average Bonchev–Trinajstić information content (AvgIpc) is 3.09. The second-order valence-corrected chi connectivity index (χ2v) is 8.59. The number of benzene rings is 2. The zero-order valence-corrected chi connectivity index (χ0v) is 15.5. The van der Waals surface area contributed by atoms with E-state index in [-0.39, 0.29) is 27.2 Å². The number of carbonyl (C=O) groups is 1. The van der Waals surface area contributed by atoms with Crippen molar-refractivity contribution in [1.29, 1.82) is 0 Å². The van der Waals surface area contributed by atoms with Crippen LogP contribution in [0.2, 0.25) is 0 Å². The molecule has 0 amide bonds. The van der Waals surface area contributed by atoms with Gasteiger partial charge in [0.15, 0.2) is 11.1 Å². The topological polar surface area (TPSA) is 144 Å². The van der Waals surface area contributed by atoms with E-state index in [0.29, 0.717) is 13.0 Å². The first-order chi connectivity index (χ1) is 12.7. The van der Waals surface area contributed by atoms with E-state index in [0.717, 1.165) is 6.07 Å². The van der Waals surface area contributed by atoms with Gasteiger partial charge in [0.1, 0.15) is 11.3 Å². The molecule has 1 heterocycles. The van der Waals surface area contributed by atoms with Gasteiger partial charge in [-0.2, -0.15) is 4.72 Å². The molecule has 3 rings (SSSR count). The van der Waals surface area contributed by atoms with Crippen LogP contribution in [-0.4, -0.2) is 51.5 Å². The van der Waals surface area contributed by atoms with Crippen LogP contribution in [0, 0.1) is 0 Å². The van der Waals surface area contributed by atoms with E-state index in [1.54, 1.807) is 12.1 Å². The molecule has 1 aliphatic rings. The molecule has 0 bridgehead atoms. The zero-order chi connectivity index (χ0) is 19.8. The molecule has 2 aromatic carbocycles. The summed E-state index contributed by atoms with van der Waals surface area (Å²) < 4.78 is 48.0. The number of hydrogen-bond acceptors (Lipinski definition) is 6. The minimum Gasteiger partial charge on any atom is -0.506 e. The van der Waals surface area contributed by atoms with Crippen LogP contribution in [0.25, 0.3) is 10.8 Å². The molecular weight excluding hydrogens is 396 g/mol. The fourth-order valence-electron chi connectivity index (χ4n) is 2.80. The number of phenols is 1. The molecule has 2 aromatic rings. The van der Waals surface area contributed by atoms with Gasteiger partial charge in [0, 0.05) is 29.9 Å². The van der Waals surface area contributed by atoms with Gasteiger partial charge in [-0.1, -0.05) is 24.3 Å². The van der Waals surface area contributed by atoms with Crippen LogP contribution in [0.3, 0.4) is 0 Å². The van der Waals surface area contributed by atoms with Gasteiger partial charge in [-0.05, 0) is 6.07 Å². The van der Waals surface area contributed by atoms with Crippen LogP contribution in [0.5, 0.6) is 5.75 Å². The van der Waals surface area contributed by atoms with Gasteiger partial charge >= 0.3 is 5.97 Å². The van der Waals surface area contributed by atoms with E-state index < -0.39 is 38.4 Å². The Hall–Kier alpha value is -2.47. The lowest BCUT2D eigenvalue weighted by Gasteiger charge is -2.17. The second-order valence-electron chi connectivity index (χ2n) is 5.83. The van der Waals surface area contributed by atoms with E-state index in [2.05, 4.69) is 4.72 Å². The number of aromatic carboxylic acids is 1. The summed E-state index contributed by atoms with van der Waals surface area (Å²) in [6.07, 6.45) is 1.76. The van der Waals surface area contributed by atoms with E-state index in [4.69, 9.17) is 4.55 Å². The molecule has 0 spiro atoms. The molecule has 27 heavy (non-hydrogen) atoms. The summed E-state index contributed by atoms with van der Waals surface area (Å²) in [5, 5.41) is 19.7. The summed E-state index contributed by atoms with van der Waals surface area (Å²) in [4.78, 5) is 12.9. The van der Waals surface area contributed by atoms with Crippen molar-refractivity contribution in [3.8, 4) is 5.75 Å². The molecule has 0 saturated carbocycles. The number of carboxylic acid groups (broad SMARTS) is 1. The summed E-state index contributed by atoms with van der Waals surface area (Å²) in [7, 11) is -4.12. The third-order valence-electron chi connectivity index (χ3n) is 4.15. The molecule has 1 atom stereocenters. The molecule has 0 aromatic heterocycles. The first-order valence-corrected chi connectivity index (χ1v) is 10.3. The fraction of sp³-hybridized carbons (Fsp3) is 0.188. The highest BCUT2D eigenvalue weighted by Gasteiger charge is 2.25. The number of sulfonamides is 1. The smallest absolute Gasteiger partial charge is 0.339 e. The van der Waals surface area contributed by atoms with Gasteiger partial charge in [0.25, 0.3) is 0 Å². The molecule has 9 nitrogen and oxygen atoms in total. The van der Waals surface area contributed by atoms with Crippen molar-refractivity contribution in [2.24, 2.45) is 0 Å². The van der Waals surface area contributed by atoms with Crippen molar-refractivity contribution < 1.29 is 32.2 Å². The van der Waals surface area contributed by atoms with E-state index >= 15 is 0 Å². The highest BCUT2D eigenvalue weighted by molar-refractivity contribution is 7.89. The van der Waals surface area contributed by atoms with Crippen molar-refractivity contribution in [3.05, 3.63) is 47.0 Å². The van der Waals surface area contributed by atoms with Gasteiger partial charge < -0.3 is 19.7 Å². The number of aromatic hydroxyl groups is 1. The third kappa shape index (κ3) is 3.81. The number of nitrogens with zero attached hydrogens (tertiary/aromatic N) is 1. The fourth-order valence-corrected chi connectivity index (χ4v) is 4.54. The molecule has 11 heteroatoms. The van der Waals surface area contributed by atoms with Gasteiger partial charge in [-0.3, -0.25) is 0 Å². The first-order valence-electron chi connectivity index (χ1n) is 7.74. The van der Waals surface area contributed by atoms with E-state index in [1.807, 2.05) is 0 Å². The maximum Gasteiger partial charge on any atom is 0.339 e. The normalized spacial score (nSPS) is 15.7. The molecule has 1 unspecified atom stereocenters. The Bertz CT molecular complexity index is 1080. The molecule has 1 aliphatic heterocycles. The maximum absolute atomic E-state index is 12.8. The van der Waals surface area contributed by atoms with Crippen LogP contribution in [0.4, 0.5) is 0 Å². The van der Waals surface area contributed by atoms with Crippen LogP contribution in [0.15, 0.2) is 46.3 Å². The summed E-state index contributed by atoms with van der Waals surface area (Å²) in [6, 6.07) is 6.95. The number of fused-ring (bicyclic) bond motifs is 1. The van der Waals surface area contributed by atoms with Crippen molar-refractivity contribution in [3.63, 3.8) is 0 Å². The predicted octanol–water partition coefficient (Wildman–Crippen LogP) is 1.25. The van der Waals surface area contributed by atoms with E-state index in [1.165, 1.54) is 23.2 Å². The highest BCUT2D eigenvalue weighted by atomic mass is 32.2. The van der Waals surface area contributed by atoms with Crippen LogP contribution in [0.1, 0.15) is 16.8 Å². The summed E-state index contributed by atoms with van der Waals surface area (Å²) in [5.74, 6) is -1.96. The Morgan fingerprint density at radius 1 is 1.26 bits per heavy atom. The number of hydrogen-bond donors (Lipinski definition) is 4. The average molecular weight is 412 g/mol. The lowest BCUT2D eigenvalue weighted by Crippen LogP contribution is -2.34. The molecular formula is C16H16N2O7S2. The molecule has 0 radical (unpaired) electrons. The van der Waals surface area contributed by atoms with Crippen molar-refractivity contribution >= 4 is 37.8 Å². The lowest BCUT2D eigenvalue weighted by molar-refractivity contribution is 0.0693. The summed E-state index contributed by atoms with van der Waals surface area (Å²) >= 11 is -2.10. The Kier molecular flexibility index (Phi) is 5.20. The standard InChI is InChI=1S/C16H16N2O7S2/c19-15-12-4-2-1-3-11(12)14(7-13(15)16(20)21)27(24,25)17-9-18-6-5-10(8-18)26(22)23/h1-4,7-8,17,19H,5-6,9H2,(H,20,21)(H,22,23). The SMILES string of the molecule is O=C(O)c1cc(S(=O)(=O)NCN2C=C(S(=O)O)CC2)c2ccccc2c1O. The number of carboxylic acids is 1. The van der Waals surface area contributed by atoms with Crippen molar-refractivity contribution in [2.45, 2.75) is 11.3 Å². The number of rotatable bonds is 6. The lowest BCUT2D eigenvalue weighted by atomic mass is 10.1. The maximum atomic E-state index is 12.8. The zero-order valence-electron chi connectivity index (χ0n) is 13.8. The summed E-state index contributed by atoms with van der Waals surface area (Å²) in [5.41, 5.74) is -0.520. The predicted molar refractivity (Wildman–Crippen MR) is 97.9 cm³/mol. The van der Waals surface area contributed by atoms with Crippen LogP contribution < -0.4 is 4.72 Å². The van der Waals surface area contributed by atoms with Gasteiger partial charge in [0.05, 0.1) is 16.5 Å². The molecule has 0 saturated heterocycles. The van der Waals surface area contributed by atoms with Gasteiger partial charge in [-0.15, -0.1) is 0 Å². The highest BCUT2D eigenvalue weighted by Crippen LogP contribution is 2.34. The molecule has 0 aliphatic carbocycles. The van der Waals surface area contributed by atoms with Crippen LogP contribution >= 0.6 is 0 Å². The quantitative estimate of drug-likeness (QED) is 0.519. The second kappa shape index (κ2) is 7.27. The van der Waals surface area contributed by atoms with Crippen LogP contribution in [-0.2, 0) is 21.1 Å². The molecule has 4 N–H and O–H groups in total. The molecule has 144 valence electrons. The van der Waals surface area contributed by atoms with Gasteiger partial charge in [-0.25, -0.2) is 17.4 Å². The Morgan fingerprint density at radius 3 is 2.52 bits per heavy atom. The third-order valence-corrected chi connectivity index (χ3v) is 6.34. The van der Waals surface area contributed by atoms with E-state index in [9.17, 15) is 27.6 Å². The number of nitrogens with one attached hydrogen (secondary N) is 1. The monoisotopic (exact) mass is 412 g/mol. The molecule has 0 fully saturated rings. The Labute approximate surface area is 157 Å². The van der Waals surface area contributed by atoms with Crippen molar-refractivity contribution in [2.75, 3.05) is 13.2 Å². The van der Waals surface area contributed by atoms with Crippen molar-refractivity contribution in [1.82, 2.24) is 9.62 Å². The Balaban J connectivity index is 1.97. The first kappa shape index (κ1) is 19.3. The minimum atomic E-state index is -4.12. The minimum absolute atomic E-state index is 0.108. The Morgan fingerprint density at radius 2 is 1.93 bits per heavy atom. The summed E-state index contributed by atoms with van der Waals surface area (Å²) in [6.45, 7) is 0.224. The van der Waals surface area contributed by atoms with Gasteiger partial charge in [0.2, 0.25) is 10.0 Å². The largest absolute Gasteiger partial charge is 0.506 e.